The second kappa shape index (κ2) is 10.2. The molecule has 1 amide bonds. The van der Waals surface area contributed by atoms with E-state index in [1.807, 2.05) is 30.3 Å². The Bertz CT molecular complexity index is 942. The second-order valence-electron chi connectivity index (χ2n) is 8.48. The molecule has 33 heavy (non-hydrogen) atoms. The molecule has 2 N–H and O–H groups in total. The monoisotopic (exact) mass is 454 g/mol. The summed E-state index contributed by atoms with van der Waals surface area (Å²) in [7, 11) is 0. The maximum atomic E-state index is 12.7. The first-order chi connectivity index (χ1) is 16.2. The Morgan fingerprint density at radius 3 is 2.61 bits per heavy atom. The van der Waals surface area contributed by atoms with Crippen LogP contribution in [0.4, 0.5) is 17.3 Å². The van der Waals surface area contributed by atoms with Crippen LogP contribution in [0.1, 0.15) is 12.8 Å². The van der Waals surface area contributed by atoms with Gasteiger partial charge in [0, 0.05) is 56.9 Å². The number of carbonyl (C=O) groups is 1. The average molecular weight is 455 g/mol. The van der Waals surface area contributed by atoms with Crippen LogP contribution in [0, 0.1) is 5.92 Å². The third-order valence-electron chi connectivity index (χ3n) is 6.32. The molecule has 2 fully saturated rings. The summed E-state index contributed by atoms with van der Waals surface area (Å²) in [6.45, 7) is 7.16. The van der Waals surface area contributed by atoms with Gasteiger partial charge in [0.25, 0.3) is 0 Å². The summed E-state index contributed by atoms with van der Waals surface area (Å²) in [5.41, 5.74) is 0.731. The van der Waals surface area contributed by atoms with Crippen LogP contribution in [0.2, 0.25) is 0 Å². The van der Waals surface area contributed by atoms with E-state index >= 15 is 0 Å². The third kappa shape index (κ3) is 5.45. The Morgan fingerprint density at radius 2 is 1.82 bits per heavy atom. The maximum Gasteiger partial charge on any atom is 0.231 e. The van der Waals surface area contributed by atoms with E-state index in [0.29, 0.717) is 11.5 Å². The Kier molecular flexibility index (Phi) is 6.73. The van der Waals surface area contributed by atoms with Crippen molar-refractivity contribution in [3.8, 4) is 11.5 Å². The molecule has 0 spiro atoms. The van der Waals surface area contributed by atoms with Gasteiger partial charge in [0.1, 0.15) is 5.82 Å². The smallest absolute Gasteiger partial charge is 0.231 e. The van der Waals surface area contributed by atoms with E-state index in [2.05, 4.69) is 30.6 Å². The fourth-order valence-corrected chi connectivity index (χ4v) is 4.34. The highest BCUT2D eigenvalue weighted by Crippen LogP contribution is 2.34. The number of amides is 1. The molecule has 0 radical (unpaired) electrons. The van der Waals surface area contributed by atoms with Crippen LogP contribution >= 0.6 is 0 Å². The first kappa shape index (κ1) is 21.7. The first-order valence-electron chi connectivity index (χ1n) is 11.6. The Labute approximate surface area is 193 Å². The van der Waals surface area contributed by atoms with Gasteiger partial charge in [0.2, 0.25) is 12.7 Å². The predicted molar refractivity (Wildman–Crippen MR) is 124 cm³/mol. The summed E-state index contributed by atoms with van der Waals surface area (Å²) in [6, 6.07) is 9.44. The predicted octanol–water partition coefficient (Wildman–Crippen LogP) is 1.80. The van der Waals surface area contributed by atoms with E-state index in [1.165, 1.54) is 0 Å². The van der Waals surface area contributed by atoms with Crippen LogP contribution in [0.5, 0.6) is 11.5 Å². The molecule has 0 unspecified atom stereocenters. The Balaban J connectivity index is 1.06. The number of benzene rings is 1. The van der Waals surface area contributed by atoms with E-state index in [9.17, 15) is 4.79 Å². The van der Waals surface area contributed by atoms with Gasteiger partial charge in [0.05, 0.1) is 13.2 Å². The van der Waals surface area contributed by atoms with Crippen molar-refractivity contribution in [2.45, 2.75) is 12.8 Å². The number of nitrogens with one attached hydrogen (secondary N) is 2. The van der Waals surface area contributed by atoms with Crippen molar-refractivity contribution >= 4 is 23.2 Å². The second-order valence-corrected chi connectivity index (χ2v) is 8.48. The molecule has 3 aliphatic heterocycles. The minimum absolute atomic E-state index is 0.0271. The van der Waals surface area contributed by atoms with Crippen LogP contribution < -0.4 is 25.0 Å². The number of nitrogens with zero attached hydrogens (tertiary/aromatic N) is 4. The summed E-state index contributed by atoms with van der Waals surface area (Å²) < 4.78 is 16.1. The average Bonchev–Trinajstić information content (AvgIpc) is 3.33. The standard InChI is InChI=1S/C23H30N6O4/c30-23(25-18-1-2-19-20(15-18)33-16-32-19)17-5-8-29(9-6-17)22-4-3-21(26-27-22)24-7-10-28-11-13-31-14-12-28/h1-4,15,17H,5-14,16H2,(H,24,26)(H,25,30). The molecule has 5 rings (SSSR count). The zero-order valence-corrected chi connectivity index (χ0v) is 18.7. The SMILES string of the molecule is O=C(Nc1ccc2c(c1)OCO2)C1CCN(c2ccc(NCCN3CCOCC3)nn2)CC1. The van der Waals surface area contributed by atoms with Gasteiger partial charge in [-0.3, -0.25) is 9.69 Å². The van der Waals surface area contributed by atoms with Crippen molar-refractivity contribution < 1.29 is 19.0 Å². The van der Waals surface area contributed by atoms with Crippen molar-refractivity contribution in [2.24, 2.45) is 5.92 Å². The Hall–Kier alpha value is -3.11. The number of rotatable bonds is 7. The minimum Gasteiger partial charge on any atom is -0.454 e. The molecule has 0 bridgehead atoms. The highest BCUT2D eigenvalue weighted by molar-refractivity contribution is 5.93. The van der Waals surface area contributed by atoms with E-state index in [0.717, 1.165) is 82.6 Å². The van der Waals surface area contributed by atoms with E-state index in [-0.39, 0.29) is 18.6 Å². The molecular formula is C23H30N6O4. The molecule has 3 aliphatic rings. The lowest BCUT2D eigenvalue weighted by Crippen LogP contribution is -2.39. The molecular weight excluding hydrogens is 424 g/mol. The summed E-state index contributed by atoms with van der Waals surface area (Å²) in [5.74, 6) is 3.02. The van der Waals surface area contributed by atoms with Gasteiger partial charge in [-0.05, 0) is 37.1 Å². The first-order valence-corrected chi connectivity index (χ1v) is 11.6. The molecule has 176 valence electrons. The highest BCUT2D eigenvalue weighted by atomic mass is 16.7. The van der Waals surface area contributed by atoms with E-state index in [1.54, 1.807) is 0 Å². The Morgan fingerprint density at radius 1 is 1.00 bits per heavy atom. The van der Waals surface area contributed by atoms with Gasteiger partial charge in [-0.2, -0.15) is 0 Å². The normalized spacial score (nSPS) is 18.8. The molecule has 1 aromatic heterocycles. The van der Waals surface area contributed by atoms with Gasteiger partial charge in [-0.15, -0.1) is 10.2 Å². The van der Waals surface area contributed by atoms with Crippen LogP contribution in [0.25, 0.3) is 0 Å². The number of anilines is 3. The molecule has 10 nitrogen and oxygen atoms in total. The highest BCUT2D eigenvalue weighted by Gasteiger charge is 2.26. The number of piperidine rings is 1. The van der Waals surface area contributed by atoms with Crippen LogP contribution in [0.15, 0.2) is 30.3 Å². The van der Waals surface area contributed by atoms with Gasteiger partial charge >= 0.3 is 0 Å². The molecule has 2 aromatic rings. The molecule has 0 saturated carbocycles. The molecule has 0 atom stereocenters. The third-order valence-corrected chi connectivity index (χ3v) is 6.32. The molecule has 1 aromatic carbocycles. The van der Waals surface area contributed by atoms with Crippen molar-refractivity contribution in [3.05, 3.63) is 30.3 Å². The number of aromatic nitrogens is 2. The molecule has 0 aliphatic carbocycles. The summed E-state index contributed by atoms with van der Waals surface area (Å²) in [6.07, 6.45) is 1.55. The lowest BCUT2D eigenvalue weighted by molar-refractivity contribution is -0.120. The topological polar surface area (TPSA) is 101 Å². The van der Waals surface area contributed by atoms with Crippen molar-refractivity contribution in [1.82, 2.24) is 15.1 Å². The number of hydrogen-bond acceptors (Lipinski definition) is 9. The van der Waals surface area contributed by atoms with E-state index in [4.69, 9.17) is 14.2 Å². The molecule has 10 heteroatoms. The number of carbonyl (C=O) groups excluding carboxylic acids is 1. The number of ether oxygens (including phenoxy) is 3. The number of hydrogen-bond donors (Lipinski definition) is 2. The van der Waals surface area contributed by atoms with Crippen molar-refractivity contribution in [3.63, 3.8) is 0 Å². The van der Waals surface area contributed by atoms with Gasteiger partial charge in [0.15, 0.2) is 17.3 Å². The quantitative estimate of drug-likeness (QED) is 0.649. The van der Waals surface area contributed by atoms with Crippen LogP contribution in [0.3, 0.4) is 0 Å². The lowest BCUT2D eigenvalue weighted by Gasteiger charge is -2.31. The summed E-state index contributed by atoms with van der Waals surface area (Å²) >= 11 is 0. The maximum absolute atomic E-state index is 12.7. The van der Waals surface area contributed by atoms with Crippen molar-refractivity contribution in [1.29, 1.82) is 0 Å². The summed E-state index contributed by atoms with van der Waals surface area (Å²) in [5, 5.41) is 15.1. The van der Waals surface area contributed by atoms with Gasteiger partial charge in [-0.25, -0.2) is 0 Å². The van der Waals surface area contributed by atoms with Crippen LogP contribution in [-0.2, 0) is 9.53 Å². The lowest BCUT2D eigenvalue weighted by atomic mass is 9.96. The number of fused-ring (bicyclic) bond motifs is 1. The minimum atomic E-state index is -0.0271. The fourth-order valence-electron chi connectivity index (χ4n) is 4.34. The van der Waals surface area contributed by atoms with E-state index < -0.39 is 0 Å². The fraction of sp³-hybridized carbons (Fsp3) is 0.522. The number of morpholine rings is 1. The molecule has 2 saturated heterocycles. The largest absolute Gasteiger partial charge is 0.454 e. The zero-order valence-electron chi connectivity index (χ0n) is 18.7. The summed E-state index contributed by atoms with van der Waals surface area (Å²) in [4.78, 5) is 17.3. The van der Waals surface area contributed by atoms with Crippen LogP contribution in [-0.4, -0.2) is 80.3 Å². The van der Waals surface area contributed by atoms with Crippen molar-refractivity contribution in [2.75, 3.05) is 74.8 Å². The van der Waals surface area contributed by atoms with Gasteiger partial charge < -0.3 is 29.7 Å². The zero-order chi connectivity index (χ0) is 22.5. The van der Waals surface area contributed by atoms with Gasteiger partial charge in [-0.1, -0.05) is 0 Å². The molecule has 4 heterocycles.